The number of carbonyl (C=O) groups is 1. The number of pyridine rings is 1. The lowest BCUT2D eigenvalue weighted by Crippen LogP contribution is -2.29. The van der Waals surface area contributed by atoms with E-state index in [4.69, 9.17) is 21.1 Å². The molecule has 5 rings (SSSR count). The molecule has 8 heteroatoms. The smallest absolute Gasteiger partial charge is 0.273 e. The molecule has 1 atom stereocenters. The highest BCUT2D eigenvalue weighted by molar-refractivity contribution is 6.30. The van der Waals surface area contributed by atoms with E-state index in [0.717, 1.165) is 40.8 Å². The van der Waals surface area contributed by atoms with Crippen molar-refractivity contribution in [2.24, 2.45) is 0 Å². The van der Waals surface area contributed by atoms with Crippen LogP contribution in [-0.4, -0.2) is 39.7 Å². The quantitative estimate of drug-likeness (QED) is 0.281. The minimum atomic E-state index is -0.379. The summed E-state index contributed by atoms with van der Waals surface area (Å²) in [4.78, 5) is 19.7. The van der Waals surface area contributed by atoms with Gasteiger partial charge in [-0.3, -0.25) is 14.9 Å². The van der Waals surface area contributed by atoms with Crippen LogP contribution in [0.5, 0.6) is 11.5 Å². The number of hydrogen-bond acceptors (Lipinski definition) is 5. The monoisotopic (exact) mass is 502 g/mol. The number of carbonyl (C=O) groups excluding carboxylic acids is 1. The third-order valence-corrected chi connectivity index (χ3v) is 6.57. The maximum absolute atomic E-state index is 13.6. The first-order chi connectivity index (χ1) is 17.6. The summed E-state index contributed by atoms with van der Waals surface area (Å²) >= 11 is 6.12. The highest BCUT2D eigenvalue weighted by Gasteiger charge is 2.42. The SMILES string of the molecule is CCCCOc1ccc(C2c3c(-c4ccc(Cl)cc4)n[nH]c3C(=O)N2Cc2cccnc2)cc1OC. The van der Waals surface area contributed by atoms with Crippen molar-refractivity contribution in [1.29, 1.82) is 0 Å². The van der Waals surface area contributed by atoms with Gasteiger partial charge in [-0.25, -0.2) is 0 Å². The lowest BCUT2D eigenvalue weighted by Gasteiger charge is -2.27. The number of amides is 1. The van der Waals surface area contributed by atoms with Crippen molar-refractivity contribution in [3.63, 3.8) is 0 Å². The van der Waals surface area contributed by atoms with Gasteiger partial charge in [-0.15, -0.1) is 0 Å². The van der Waals surface area contributed by atoms with Crippen LogP contribution in [0.2, 0.25) is 5.02 Å². The van der Waals surface area contributed by atoms with Gasteiger partial charge in [0, 0.05) is 35.1 Å². The molecule has 0 radical (unpaired) electrons. The molecule has 0 bridgehead atoms. The third kappa shape index (κ3) is 4.54. The van der Waals surface area contributed by atoms with Gasteiger partial charge in [0.15, 0.2) is 11.5 Å². The number of H-pyrrole nitrogens is 1. The number of methoxy groups -OCH3 is 1. The van der Waals surface area contributed by atoms with Crippen molar-refractivity contribution in [3.8, 4) is 22.8 Å². The first kappa shape index (κ1) is 23.9. The number of benzene rings is 2. The third-order valence-electron chi connectivity index (χ3n) is 6.32. The molecule has 1 amide bonds. The van der Waals surface area contributed by atoms with Crippen LogP contribution in [0.3, 0.4) is 0 Å². The predicted octanol–water partition coefficient (Wildman–Crippen LogP) is 6.06. The fourth-order valence-corrected chi connectivity index (χ4v) is 4.65. The van der Waals surface area contributed by atoms with E-state index in [1.165, 1.54) is 0 Å². The number of aromatic nitrogens is 3. The summed E-state index contributed by atoms with van der Waals surface area (Å²) in [6.07, 6.45) is 5.51. The highest BCUT2D eigenvalue weighted by Crippen LogP contribution is 2.45. The summed E-state index contributed by atoms with van der Waals surface area (Å²) in [6, 6.07) is 16.8. The number of halogens is 1. The van der Waals surface area contributed by atoms with Crippen LogP contribution in [-0.2, 0) is 6.54 Å². The fraction of sp³-hybridized carbons (Fsp3) is 0.250. The number of unbranched alkanes of at least 4 members (excludes halogenated alkanes) is 1. The van der Waals surface area contributed by atoms with Gasteiger partial charge in [-0.2, -0.15) is 5.10 Å². The number of aromatic amines is 1. The maximum Gasteiger partial charge on any atom is 0.273 e. The first-order valence-electron chi connectivity index (χ1n) is 12.0. The number of rotatable bonds is 9. The lowest BCUT2D eigenvalue weighted by molar-refractivity contribution is 0.0729. The summed E-state index contributed by atoms with van der Waals surface area (Å²) in [5.74, 6) is 1.19. The van der Waals surface area contributed by atoms with Crippen LogP contribution in [0.15, 0.2) is 67.0 Å². The minimum absolute atomic E-state index is 0.117. The minimum Gasteiger partial charge on any atom is -0.493 e. The molecule has 184 valence electrons. The molecule has 0 saturated carbocycles. The molecule has 1 N–H and O–H groups in total. The van der Waals surface area contributed by atoms with E-state index in [0.29, 0.717) is 35.4 Å². The molecule has 36 heavy (non-hydrogen) atoms. The van der Waals surface area contributed by atoms with E-state index in [-0.39, 0.29) is 11.9 Å². The van der Waals surface area contributed by atoms with Gasteiger partial charge < -0.3 is 14.4 Å². The van der Waals surface area contributed by atoms with Crippen LogP contribution in [0, 0.1) is 0 Å². The molecule has 1 aliphatic rings. The molecule has 0 spiro atoms. The van der Waals surface area contributed by atoms with Crippen LogP contribution < -0.4 is 9.47 Å². The van der Waals surface area contributed by atoms with E-state index >= 15 is 0 Å². The maximum atomic E-state index is 13.6. The zero-order valence-electron chi connectivity index (χ0n) is 20.2. The Kier molecular flexibility index (Phi) is 6.91. The van der Waals surface area contributed by atoms with Gasteiger partial charge in [-0.1, -0.05) is 49.2 Å². The number of ether oxygens (including phenoxy) is 2. The molecule has 1 unspecified atom stereocenters. The predicted molar refractivity (Wildman–Crippen MR) is 138 cm³/mol. The Morgan fingerprint density at radius 1 is 1.11 bits per heavy atom. The Hall–Kier alpha value is -3.84. The molecule has 2 aromatic heterocycles. The molecule has 0 saturated heterocycles. The van der Waals surface area contributed by atoms with Gasteiger partial charge in [0.1, 0.15) is 5.69 Å². The first-order valence-corrected chi connectivity index (χ1v) is 12.3. The van der Waals surface area contributed by atoms with E-state index in [1.54, 1.807) is 19.5 Å². The molecule has 0 aliphatic carbocycles. The second-order valence-electron chi connectivity index (χ2n) is 8.68. The Labute approximate surface area is 215 Å². The van der Waals surface area contributed by atoms with E-state index in [2.05, 4.69) is 22.1 Å². The fourth-order valence-electron chi connectivity index (χ4n) is 4.52. The molecule has 0 fully saturated rings. The molecule has 4 aromatic rings. The summed E-state index contributed by atoms with van der Waals surface area (Å²) in [6.45, 7) is 3.14. The summed E-state index contributed by atoms with van der Waals surface area (Å²) in [7, 11) is 1.63. The van der Waals surface area contributed by atoms with Crippen molar-refractivity contribution >= 4 is 17.5 Å². The number of nitrogens with one attached hydrogen (secondary N) is 1. The Morgan fingerprint density at radius 2 is 1.94 bits per heavy atom. The average Bonchev–Trinajstić information content (AvgIpc) is 3.44. The summed E-state index contributed by atoms with van der Waals surface area (Å²) < 4.78 is 11.6. The molecular weight excluding hydrogens is 476 g/mol. The van der Waals surface area contributed by atoms with E-state index in [9.17, 15) is 4.79 Å². The standard InChI is InChI=1S/C28H27ClN4O3/c1-3-4-14-36-22-12-9-20(15-23(22)35-2)27-24-25(19-7-10-21(29)11-8-19)31-32-26(24)28(34)33(27)17-18-6-5-13-30-16-18/h5-13,15-16,27H,3-4,14,17H2,1-2H3,(H,31,32). The largest absolute Gasteiger partial charge is 0.493 e. The van der Waals surface area contributed by atoms with E-state index < -0.39 is 0 Å². The van der Waals surface area contributed by atoms with Crippen LogP contribution in [0.25, 0.3) is 11.3 Å². The number of hydrogen-bond donors (Lipinski definition) is 1. The van der Waals surface area contributed by atoms with E-state index in [1.807, 2.05) is 59.5 Å². The zero-order chi connectivity index (χ0) is 25.1. The van der Waals surface area contributed by atoms with Crippen LogP contribution in [0.4, 0.5) is 0 Å². The molecular formula is C28H27ClN4O3. The number of nitrogens with zero attached hydrogens (tertiary/aromatic N) is 3. The molecule has 3 heterocycles. The topological polar surface area (TPSA) is 80.3 Å². The molecule has 7 nitrogen and oxygen atoms in total. The van der Waals surface area contributed by atoms with Crippen LogP contribution in [0.1, 0.15) is 53.0 Å². The molecule has 1 aliphatic heterocycles. The Bertz CT molecular complexity index is 1360. The normalized spacial score (nSPS) is 14.7. The lowest BCUT2D eigenvalue weighted by atomic mass is 9.95. The second kappa shape index (κ2) is 10.4. The Balaban J connectivity index is 1.60. The average molecular weight is 503 g/mol. The van der Waals surface area contributed by atoms with Crippen molar-refractivity contribution in [1.82, 2.24) is 20.1 Å². The van der Waals surface area contributed by atoms with Crippen molar-refractivity contribution in [3.05, 3.63) is 94.4 Å². The number of fused-ring (bicyclic) bond motifs is 1. The zero-order valence-corrected chi connectivity index (χ0v) is 21.0. The van der Waals surface area contributed by atoms with Gasteiger partial charge >= 0.3 is 0 Å². The van der Waals surface area contributed by atoms with Gasteiger partial charge in [0.2, 0.25) is 0 Å². The van der Waals surface area contributed by atoms with Gasteiger partial charge in [-0.05, 0) is 47.9 Å². The second-order valence-corrected chi connectivity index (χ2v) is 9.11. The van der Waals surface area contributed by atoms with Gasteiger partial charge in [0.05, 0.1) is 25.5 Å². The summed E-state index contributed by atoms with van der Waals surface area (Å²) in [5.41, 5.74) is 4.75. The van der Waals surface area contributed by atoms with Crippen molar-refractivity contribution in [2.45, 2.75) is 32.4 Å². The summed E-state index contributed by atoms with van der Waals surface area (Å²) in [5, 5.41) is 8.16. The van der Waals surface area contributed by atoms with Crippen LogP contribution >= 0.6 is 11.6 Å². The van der Waals surface area contributed by atoms with Crippen molar-refractivity contribution in [2.75, 3.05) is 13.7 Å². The molecule has 2 aromatic carbocycles. The highest BCUT2D eigenvalue weighted by atomic mass is 35.5. The van der Waals surface area contributed by atoms with Crippen molar-refractivity contribution < 1.29 is 14.3 Å². The van der Waals surface area contributed by atoms with Gasteiger partial charge in [0.25, 0.3) is 5.91 Å². The Morgan fingerprint density at radius 3 is 2.67 bits per heavy atom.